The van der Waals surface area contributed by atoms with E-state index in [1.54, 1.807) is 26.8 Å². The molecule has 3 aliphatic rings. The Morgan fingerprint density at radius 2 is 0.478 bits per heavy atom. The van der Waals surface area contributed by atoms with Crippen molar-refractivity contribution in [2.75, 3.05) is 0 Å². The fraction of sp³-hybridized carbons (Fsp3) is 0.581. The average Bonchev–Trinajstić information content (AvgIpc) is 2.85. The molecule has 0 nitrogen and oxygen atoms in total. The standard InChI is InChI=1S/C43H64Se3/c1-38(2,3)32-22-29(23-33(44-32)39(4,5)6)19-28(20-30-24-34(40(7,8)9)45-35(25-30)41(10,11)12)21-31-26-36(42(13,14)15)46-37(27-31)43(16,17)18/h19-28H,1-18H3. The van der Waals surface area contributed by atoms with Crippen LogP contribution in [-0.2, 0) is 0 Å². The maximum absolute atomic E-state index is 2.55. The normalized spacial score (nSPS) is 19.2. The van der Waals surface area contributed by atoms with Crippen LogP contribution in [0.2, 0.25) is 0 Å². The summed E-state index contributed by atoms with van der Waals surface area (Å²) >= 11 is 1.13. The van der Waals surface area contributed by atoms with Crippen molar-refractivity contribution in [3.63, 3.8) is 0 Å². The van der Waals surface area contributed by atoms with Crippen molar-refractivity contribution in [2.24, 2.45) is 38.4 Å². The molecule has 3 rings (SSSR count). The molecule has 3 heterocycles. The van der Waals surface area contributed by atoms with Gasteiger partial charge in [-0.25, -0.2) is 0 Å². The van der Waals surface area contributed by atoms with Gasteiger partial charge in [-0.1, -0.05) is 0 Å². The third-order valence-corrected chi connectivity index (χ3v) is 20.0. The second kappa shape index (κ2) is 13.9. The molecule has 0 saturated heterocycles. The molecule has 3 aliphatic heterocycles. The Balaban J connectivity index is 2.36. The van der Waals surface area contributed by atoms with Gasteiger partial charge in [0.1, 0.15) is 0 Å². The summed E-state index contributed by atoms with van der Waals surface area (Å²) in [5.74, 6) is 0.168. The van der Waals surface area contributed by atoms with Gasteiger partial charge in [-0.3, -0.25) is 0 Å². The van der Waals surface area contributed by atoms with Crippen molar-refractivity contribution in [3.8, 4) is 0 Å². The summed E-state index contributed by atoms with van der Waals surface area (Å²) in [7, 11) is 0. The van der Waals surface area contributed by atoms with Crippen LogP contribution in [0, 0.1) is 38.4 Å². The first-order valence-electron chi connectivity index (χ1n) is 17.1. The van der Waals surface area contributed by atoms with Crippen LogP contribution >= 0.6 is 0 Å². The van der Waals surface area contributed by atoms with Gasteiger partial charge in [-0.05, 0) is 0 Å². The van der Waals surface area contributed by atoms with Gasteiger partial charge in [0.2, 0.25) is 0 Å². The van der Waals surface area contributed by atoms with Crippen LogP contribution in [-0.4, -0.2) is 44.9 Å². The first-order chi connectivity index (χ1) is 20.5. The van der Waals surface area contributed by atoms with E-state index < -0.39 is 0 Å². The predicted octanol–water partition coefficient (Wildman–Crippen LogP) is 12.1. The summed E-state index contributed by atoms with van der Waals surface area (Å²) in [6.07, 6.45) is 22.8. The average molecular weight is 818 g/mol. The Bertz CT molecular complexity index is 1190. The second-order valence-electron chi connectivity index (χ2n) is 19.4. The molecule has 254 valence electrons. The van der Waals surface area contributed by atoms with E-state index in [2.05, 4.69) is 179 Å². The summed E-state index contributed by atoms with van der Waals surface area (Å²) in [5.41, 5.74) is 5.07. The monoisotopic (exact) mass is 820 g/mol. The van der Waals surface area contributed by atoms with Crippen LogP contribution < -0.4 is 0 Å². The molecule has 0 aromatic heterocycles. The van der Waals surface area contributed by atoms with E-state index in [9.17, 15) is 0 Å². The van der Waals surface area contributed by atoms with Crippen molar-refractivity contribution in [3.05, 3.63) is 98.2 Å². The van der Waals surface area contributed by atoms with Crippen molar-refractivity contribution in [2.45, 2.75) is 125 Å². The zero-order valence-corrected chi connectivity index (χ0v) is 37.6. The van der Waals surface area contributed by atoms with Crippen LogP contribution in [0.5, 0.6) is 0 Å². The van der Waals surface area contributed by atoms with Gasteiger partial charge in [0.25, 0.3) is 0 Å². The van der Waals surface area contributed by atoms with Gasteiger partial charge < -0.3 is 0 Å². The third kappa shape index (κ3) is 11.1. The molecule has 0 aliphatic carbocycles. The summed E-state index contributed by atoms with van der Waals surface area (Å²) in [4.78, 5) is 0. The van der Waals surface area contributed by atoms with E-state index in [-0.39, 0.29) is 38.4 Å². The van der Waals surface area contributed by atoms with Crippen LogP contribution in [0.4, 0.5) is 0 Å². The van der Waals surface area contributed by atoms with Gasteiger partial charge in [0, 0.05) is 0 Å². The van der Waals surface area contributed by atoms with E-state index >= 15 is 0 Å². The van der Waals surface area contributed by atoms with Crippen LogP contribution in [0.25, 0.3) is 0 Å². The minimum absolute atomic E-state index is 0.163. The van der Waals surface area contributed by atoms with Crippen LogP contribution in [0.15, 0.2) is 98.2 Å². The quantitative estimate of drug-likeness (QED) is 0.249. The molecule has 0 spiro atoms. The van der Waals surface area contributed by atoms with Gasteiger partial charge >= 0.3 is 306 Å². The number of hydrogen-bond donors (Lipinski definition) is 0. The summed E-state index contributed by atoms with van der Waals surface area (Å²) in [6, 6.07) is 0. The molecule has 0 amide bonds. The molecule has 0 aromatic carbocycles. The van der Waals surface area contributed by atoms with Crippen molar-refractivity contribution >= 4 is 44.9 Å². The Morgan fingerprint density at radius 1 is 0.326 bits per heavy atom. The molecule has 0 atom stereocenters. The molecule has 0 fully saturated rings. The summed E-state index contributed by atoms with van der Waals surface area (Å²) in [6.45, 7) is 42.9. The molecule has 0 aromatic rings. The number of allylic oxidation sites excluding steroid dienone is 18. The van der Waals surface area contributed by atoms with Crippen LogP contribution in [0.3, 0.4) is 0 Å². The first kappa shape index (κ1) is 39.7. The molecular weight excluding hydrogens is 753 g/mol. The molecule has 46 heavy (non-hydrogen) atoms. The van der Waals surface area contributed by atoms with Gasteiger partial charge in [0.05, 0.1) is 0 Å². The van der Waals surface area contributed by atoms with E-state index in [0.717, 1.165) is 0 Å². The molecule has 0 unspecified atom stereocenters. The van der Waals surface area contributed by atoms with Gasteiger partial charge in [-0.2, -0.15) is 0 Å². The Kier molecular flexibility index (Phi) is 11.9. The molecule has 3 heteroatoms. The molecular formula is C43H64Se3. The Labute approximate surface area is 304 Å². The first-order valence-corrected chi connectivity index (χ1v) is 22.2. The molecule has 0 radical (unpaired) electrons. The van der Waals surface area contributed by atoms with Crippen molar-refractivity contribution in [1.82, 2.24) is 0 Å². The second-order valence-corrected chi connectivity index (χ2v) is 26.3. The van der Waals surface area contributed by atoms with E-state index in [0.29, 0.717) is 44.9 Å². The Morgan fingerprint density at radius 3 is 0.609 bits per heavy atom. The number of rotatable bonds is 3. The minimum atomic E-state index is 0.163. The van der Waals surface area contributed by atoms with E-state index in [1.165, 1.54) is 16.7 Å². The molecule has 0 N–H and O–H groups in total. The summed E-state index contributed by atoms with van der Waals surface area (Å²) in [5, 5.41) is 0. The van der Waals surface area contributed by atoms with Crippen LogP contribution in [0.1, 0.15) is 125 Å². The van der Waals surface area contributed by atoms with Gasteiger partial charge in [0.15, 0.2) is 0 Å². The SMILES string of the molecule is CC(C)(C)C1=CC(=CC(C=C2C=C(C(C)(C)C)[Se]C(C(C)(C)C)=C2)C=C2C=C(C(C)(C)C)[Se]C(C(C)(C)C)=C2)C=C(C(C)(C)C)[Se]1. The third-order valence-electron chi connectivity index (χ3n) is 8.04. The zero-order valence-electron chi connectivity index (χ0n) is 32.5. The van der Waals surface area contributed by atoms with E-state index in [4.69, 9.17) is 0 Å². The van der Waals surface area contributed by atoms with E-state index in [1.807, 2.05) is 0 Å². The molecule has 0 bridgehead atoms. The summed E-state index contributed by atoms with van der Waals surface area (Å²) < 4.78 is 9.55. The Hall–Kier alpha value is -0.782. The van der Waals surface area contributed by atoms with Crippen molar-refractivity contribution in [1.29, 1.82) is 0 Å². The van der Waals surface area contributed by atoms with Crippen molar-refractivity contribution < 1.29 is 0 Å². The molecule has 0 saturated carbocycles. The maximum atomic E-state index is 2.55. The number of hydrogen-bond acceptors (Lipinski definition) is 0. The fourth-order valence-electron chi connectivity index (χ4n) is 4.88. The zero-order chi connectivity index (χ0) is 35.3. The van der Waals surface area contributed by atoms with Gasteiger partial charge in [-0.15, -0.1) is 0 Å². The fourth-order valence-corrected chi connectivity index (χ4v) is 12.7. The topological polar surface area (TPSA) is 0 Å². The predicted molar refractivity (Wildman–Crippen MR) is 210 cm³/mol.